The highest BCUT2D eigenvalue weighted by Crippen LogP contribution is 2.35. The smallest absolute Gasteiger partial charge is 0.223 e. The molecule has 0 saturated carbocycles. The summed E-state index contributed by atoms with van der Waals surface area (Å²) in [4.78, 5) is 30.2. The van der Waals surface area contributed by atoms with E-state index in [1.807, 2.05) is 17.3 Å². The summed E-state index contributed by atoms with van der Waals surface area (Å²) in [6.07, 6.45) is 6.60. The number of ether oxygens (including phenoxy) is 1. The molecule has 3 aliphatic heterocycles. The monoisotopic (exact) mass is 393 g/mol. The Hall–Kier alpha value is -2.54. The maximum atomic E-state index is 12.9. The lowest BCUT2D eigenvalue weighted by molar-refractivity contribution is -0.133. The Labute approximate surface area is 171 Å². The van der Waals surface area contributed by atoms with Crippen molar-refractivity contribution in [3.8, 4) is 0 Å². The van der Waals surface area contributed by atoms with Crippen LogP contribution in [0.25, 0.3) is 0 Å². The van der Waals surface area contributed by atoms with Crippen LogP contribution >= 0.6 is 0 Å². The van der Waals surface area contributed by atoms with Crippen LogP contribution in [0.5, 0.6) is 0 Å². The van der Waals surface area contributed by atoms with Gasteiger partial charge in [-0.25, -0.2) is 9.97 Å². The molecular formula is C22H27N5O2. The number of hydrogen-bond acceptors (Lipinski definition) is 6. The molecule has 3 aliphatic rings. The molecule has 0 atom stereocenters. The molecule has 0 unspecified atom stereocenters. The lowest BCUT2D eigenvalue weighted by Crippen LogP contribution is -2.48. The van der Waals surface area contributed by atoms with Gasteiger partial charge in [0.1, 0.15) is 6.33 Å². The predicted molar refractivity (Wildman–Crippen MR) is 108 cm³/mol. The normalized spacial score (nSPS) is 20.2. The van der Waals surface area contributed by atoms with E-state index in [4.69, 9.17) is 9.72 Å². The number of hydrogen-bond donors (Lipinski definition) is 0. The Morgan fingerprint density at radius 3 is 2.69 bits per heavy atom. The quantitative estimate of drug-likeness (QED) is 0.797. The molecule has 0 aliphatic carbocycles. The van der Waals surface area contributed by atoms with Crippen LogP contribution in [0, 0.1) is 12.8 Å². The first-order valence-electron chi connectivity index (χ1n) is 10.3. The van der Waals surface area contributed by atoms with Gasteiger partial charge >= 0.3 is 0 Å². The molecule has 0 radical (unpaired) electrons. The van der Waals surface area contributed by atoms with Crippen LogP contribution in [0.3, 0.4) is 0 Å². The zero-order chi connectivity index (χ0) is 20.2. The summed E-state index contributed by atoms with van der Waals surface area (Å²) in [5, 5.41) is 0. The number of pyridine rings is 1. The van der Waals surface area contributed by atoms with Crippen LogP contribution in [-0.2, 0) is 35.6 Å². The van der Waals surface area contributed by atoms with E-state index >= 15 is 0 Å². The van der Waals surface area contributed by atoms with Crippen LogP contribution in [0.4, 0.5) is 5.69 Å². The van der Waals surface area contributed by atoms with Crippen LogP contribution in [0.1, 0.15) is 48.3 Å². The van der Waals surface area contributed by atoms with E-state index in [0.717, 1.165) is 36.6 Å². The van der Waals surface area contributed by atoms with Gasteiger partial charge < -0.3 is 14.5 Å². The Morgan fingerprint density at radius 1 is 1.17 bits per heavy atom. The van der Waals surface area contributed by atoms with Crippen LogP contribution in [-0.4, -0.2) is 44.4 Å². The Balaban J connectivity index is 1.23. The van der Waals surface area contributed by atoms with Crippen molar-refractivity contribution in [1.82, 2.24) is 19.9 Å². The molecule has 1 fully saturated rings. The highest BCUT2D eigenvalue weighted by molar-refractivity contribution is 5.77. The number of aromatic nitrogens is 3. The fraction of sp³-hybridized carbons (Fsp3) is 0.545. The van der Waals surface area contributed by atoms with Gasteiger partial charge in [-0.2, -0.15) is 0 Å². The summed E-state index contributed by atoms with van der Waals surface area (Å²) in [6.45, 7) is 10.1. The molecule has 0 spiro atoms. The maximum Gasteiger partial charge on any atom is 0.223 e. The van der Waals surface area contributed by atoms with E-state index in [1.54, 1.807) is 0 Å². The Bertz CT molecular complexity index is 953. The summed E-state index contributed by atoms with van der Waals surface area (Å²) < 4.78 is 5.99. The van der Waals surface area contributed by atoms with Crippen LogP contribution < -0.4 is 4.90 Å². The van der Waals surface area contributed by atoms with Crippen molar-refractivity contribution in [2.24, 2.45) is 5.92 Å². The molecule has 0 bridgehead atoms. The summed E-state index contributed by atoms with van der Waals surface area (Å²) in [6, 6.07) is 0. The number of anilines is 1. The topological polar surface area (TPSA) is 71.5 Å². The maximum absolute atomic E-state index is 12.9. The van der Waals surface area contributed by atoms with Gasteiger partial charge in [0.25, 0.3) is 0 Å². The second-order valence-electron chi connectivity index (χ2n) is 9.13. The minimum absolute atomic E-state index is 0.172. The summed E-state index contributed by atoms with van der Waals surface area (Å²) in [5.74, 6) is 0.619. The largest absolute Gasteiger partial charge is 0.370 e. The summed E-state index contributed by atoms with van der Waals surface area (Å²) in [5.41, 5.74) is 6.77. The van der Waals surface area contributed by atoms with E-state index in [9.17, 15) is 4.79 Å². The molecule has 1 saturated heterocycles. The fourth-order valence-electron chi connectivity index (χ4n) is 4.66. The third-order valence-corrected chi connectivity index (χ3v) is 6.45. The molecule has 152 valence electrons. The van der Waals surface area contributed by atoms with Gasteiger partial charge in [0, 0.05) is 49.7 Å². The highest BCUT2D eigenvalue weighted by Gasteiger charge is 2.35. The van der Waals surface area contributed by atoms with Crippen molar-refractivity contribution in [1.29, 1.82) is 0 Å². The number of fused-ring (bicyclic) bond motifs is 2. The van der Waals surface area contributed by atoms with Crippen molar-refractivity contribution in [2.45, 2.75) is 58.9 Å². The van der Waals surface area contributed by atoms with Crippen molar-refractivity contribution < 1.29 is 9.53 Å². The molecule has 29 heavy (non-hydrogen) atoms. The number of carbonyl (C=O) groups is 1. The lowest BCUT2D eigenvalue weighted by atomic mass is 9.91. The number of amides is 1. The summed E-state index contributed by atoms with van der Waals surface area (Å²) >= 11 is 0. The van der Waals surface area contributed by atoms with Gasteiger partial charge in [-0.3, -0.25) is 9.78 Å². The Morgan fingerprint density at radius 2 is 1.93 bits per heavy atom. The van der Waals surface area contributed by atoms with E-state index in [2.05, 4.69) is 35.6 Å². The molecule has 0 aromatic carbocycles. The van der Waals surface area contributed by atoms with Gasteiger partial charge in [-0.05, 0) is 31.9 Å². The molecule has 1 amide bonds. The zero-order valence-corrected chi connectivity index (χ0v) is 17.3. The Kier molecular flexibility index (Phi) is 4.31. The minimum Gasteiger partial charge on any atom is -0.370 e. The van der Waals surface area contributed by atoms with Gasteiger partial charge in [0.15, 0.2) is 0 Å². The van der Waals surface area contributed by atoms with Gasteiger partial charge in [-0.1, -0.05) is 0 Å². The van der Waals surface area contributed by atoms with E-state index in [-0.39, 0.29) is 11.5 Å². The first-order valence-corrected chi connectivity index (χ1v) is 10.3. The number of carbonyl (C=O) groups excluding carboxylic acids is 1. The molecule has 5 rings (SSSR count). The molecule has 5 heterocycles. The second kappa shape index (κ2) is 6.76. The SMILES string of the molecule is Cc1c2c(nc3c1CN(C(=O)CC1CN(c4cncnc4)C1)C3)CC(C)(C)OC2. The molecule has 7 heteroatoms. The lowest BCUT2D eigenvalue weighted by Gasteiger charge is -2.40. The molecular weight excluding hydrogens is 366 g/mol. The second-order valence-corrected chi connectivity index (χ2v) is 9.13. The van der Waals surface area contributed by atoms with Crippen molar-refractivity contribution in [3.05, 3.63) is 46.8 Å². The van der Waals surface area contributed by atoms with Gasteiger partial charge in [0.2, 0.25) is 5.91 Å². The molecule has 2 aromatic heterocycles. The van der Waals surface area contributed by atoms with Crippen LogP contribution in [0.2, 0.25) is 0 Å². The molecule has 0 N–H and O–H groups in total. The highest BCUT2D eigenvalue weighted by atomic mass is 16.5. The van der Waals surface area contributed by atoms with Gasteiger partial charge in [-0.15, -0.1) is 0 Å². The third kappa shape index (κ3) is 3.37. The third-order valence-electron chi connectivity index (χ3n) is 6.45. The van der Waals surface area contributed by atoms with Crippen molar-refractivity contribution in [2.75, 3.05) is 18.0 Å². The van der Waals surface area contributed by atoms with E-state index in [1.165, 1.54) is 23.0 Å². The number of nitrogens with zero attached hydrogens (tertiary/aromatic N) is 5. The molecule has 2 aromatic rings. The van der Waals surface area contributed by atoms with E-state index in [0.29, 0.717) is 32.0 Å². The minimum atomic E-state index is -0.172. The van der Waals surface area contributed by atoms with Gasteiger partial charge in [0.05, 0.1) is 42.5 Å². The fourth-order valence-corrected chi connectivity index (χ4v) is 4.66. The number of rotatable bonds is 3. The average molecular weight is 393 g/mol. The first-order chi connectivity index (χ1) is 13.9. The van der Waals surface area contributed by atoms with Crippen molar-refractivity contribution >= 4 is 11.6 Å². The zero-order valence-electron chi connectivity index (χ0n) is 17.3. The predicted octanol–water partition coefficient (Wildman–Crippen LogP) is 2.40. The standard InChI is InChI=1S/C22H27N5O2/c1-14-17-10-27(11-20(17)25-19-5-22(2,3)29-12-18(14)19)21(28)4-15-8-26(9-15)16-6-23-13-24-7-16/h6-7,13,15H,4-5,8-12H2,1-3H3. The van der Waals surface area contributed by atoms with Crippen LogP contribution in [0.15, 0.2) is 18.7 Å². The summed E-state index contributed by atoms with van der Waals surface area (Å²) in [7, 11) is 0. The van der Waals surface area contributed by atoms with Crippen molar-refractivity contribution in [3.63, 3.8) is 0 Å². The molecule has 7 nitrogen and oxygen atoms in total. The average Bonchev–Trinajstić information content (AvgIpc) is 3.08. The first kappa shape index (κ1) is 18.5. The van der Waals surface area contributed by atoms with E-state index < -0.39 is 0 Å².